The van der Waals surface area contributed by atoms with Crippen molar-refractivity contribution in [3.63, 3.8) is 0 Å². The number of carbonyl (C=O) groups excluding carboxylic acids is 2. The highest BCUT2D eigenvalue weighted by Crippen LogP contribution is 2.37. The average molecular weight is 277 g/mol. The Morgan fingerprint density at radius 2 is 1.76 bits per heavy atom. The quantitative estimate of drug-likeness (QED) is 0.549. The van der Waals surface area contributed by atoms with Crippen molar-refractivity contribution in [1.82, 2.24) is 5.32 Å². The molecule has 0 aliphatic carbocycles. The number of fused-ring (bicyclic) bond motifs is 2. The molecular weight excluding hydrogens is 266 g/mol. The third-order valence-corrected chi connectivity index (χ3v) is 3.90. The van der Waals surface area contributed by atoms with Gasteiger partial charge in [0.15, 0.2) is 0 Å². The van der Waals surface area contributed by atoms with E-state index in [4.69, 9.17) is 4.74 Å². The minimum atomic E-state index is -0.365. The van der Waals surface area contributed by atoms with Crippen LogP contribution in [-0.2, 0) is 0 Å². The molecule has 3 aromatic rings. The summed E-state index contributed by atoms with van der Waals surface area (Å²) in [5, 5.41) is 5.64. The van der Waals surface area contributed by atoms with Gasteiger partial charge in [0.2, 0.25) is 0 Å². The van der Waals surface area contributed by atoms with E-state index in [-0.39, 0.29) is 11.8 Å². The van der Waals surface area contributed by atoms with E-state index in [2.05, 4.69) is 5.32 Å². The van der Waals surface area contributed by atoms with E-state index in [9.17, 15) is 9.59 Å². The second-order valence-corrected chi connectivity index (χ2v) is 4.99. The van der Waals surface area contributed by atoms with Crippen LogP contribution in [-0.4, -0.2) is 18.9 Å². The summed E-state index contributed by atoms with van der Waals surface area (Å²) in [4.78, 5) is 24.4. The van der Waals surface area contributed by atoms with Crippen LogP contribution >= 0.6 is 0 Å². The van der Waals surface area contributed by atoms with Crippen LogP contribution in [0.15, 0.2) is 42.5 Å². The van der Waals surface area contributed by atoms with Crippen LogP contribution in [0, 0.1) is 0 Å². The Kier molecular flexibility index (Phi) is 2.30. The lowest BCUT2D eigenvalue weighted by molar-refractivity contribution is 0.0846. The van der Waals surface area contributed by atoms with Gasteiger partial charge in [0, 0.05) is 16.3 Å². The topological polar surface area (TPSA) is 55.4 Å². The van der Waals surface area contributed by atoms with Gasteiger partial charge in [0.1, 0.15) is 5.75 Å². The average Bonchev–Trinajstić information content (AvgIpc) is 2.50. The number of carbonyl (C=O) groups is 2. The molecule has 4 nitrogen and oxygen atoms in total. The predicted octanol–water partition coefficient (Wildman–Crippen LogP) is 2.89. The second-order valence-electron chi connectivity index (χ2n) is 4.99. The monoisotopic (exact) mass is 277 g/mol. The lowest BCUT2D eigenvalue weighted by atomic mass is 9.90. The molecule has 4 rings (SSSR count). The van der Waals surface area contributed by atoms with Gasteiger partial charge in [-0.05, 0) is 29.0 Å². The summed E-state index contributed by atoms with van der Waals surface area (Å²) < 4.78 is 5.38. The third kappa shape index (κ3) is 1.50. The van der Waals surface area contributed by atoms with Crippen molar-refractivity contribution in [3.8, 4) is 5.75 Å². The number of ether oxygens (including phenoxy) is 1. The van der Waals surface area contributed by atoms with Crippen molar-refractivity contribution in [2.24, 2.45) is 0 Å². The van der Waals surface area contributed by atoms with Crippen LogP contribution < -0.4 is 10.1 Å². The normalized spacial score (nSPS) is 13.6. The Balaban J connectivity index is 2.33. The molecule has 1 aliphatic heterocycles. The first-order valence-corrected chi connectivity index (χ1v) is 6.59. The summed E-state index contributed by atoms with van der Waals surface area (Å²) in [6, 6.07) is 13.1. The maximum absolute atomic E-state index is 12.3. The number of rotatable bonds is 1. The first-order chi connectivity index (χ1) is 10.2. The molecule has 0 atom stereocenters. The van der Waals surface area contributed by atoms with Gasteiger partial charge in [-0.1, -0.05) is 24.3 Å². The fraction of sp³-hybridized carbons (Fsp3) is 0.0588. The summed E-state index contributed by atoms with van der Waals surface area (Å²) in [6.07, 6.45) is 0. The first kappa shape index (κ1) is 11.9. The molecule has 1 heterocycles. The summed E-state index contributed by atoms with van der Waals surface area (Å²) >= 11 is 0. The second kappa shape index (κ2) is 4.06. The van der Waals surface area contributed by atoms with Crippen molar-refractivity contribution < 1.29 is 14.3 Å². The molecule has 0 unspecified atom stereocenters. The maximum Gasteiger partial charge on any atom is 0.259 e. The molecule has 0 radical (unpaired) electrons. The van der Waals surface area contributed by atoms with E-state index < -0.39 is 0 Å². The first-order valence-electron chi connectivity index (χ1n) is 6.59. The van der Waals surface area contributed by atoms with Crippen LogP contribution in [0.2, 0.25) is 0 Å². The summed E-state index contributed by atoms with van der Waals surface area (Å²) in [5.74, 6) is -0.0683. The summed E-state index contributed by atoms with van der Waals surface area (Å²) in [5.41, 5.74) is 1.04. The van der Waals surface area contributed by atoms with Gasteiger partial charge in [0.25, 0.3) is 11.8 Å². The smallest absolute Gasteiger partial charge is 0.259 e. The zero-order valence-corrected chi connectivity index (χ0v) is 11.3. The number of hydrogen-bond acceptors (Lipinski definition) is 3. The number of benzene rings is 3. The van der Waals surface area contributed by atoms with E-state index >= 15 is 0 Å². The van der Waals surface area contributed by atoms with Gasteiger partial charge in [-0.3, -0.25) is 14.9 Å². The lowest BCUT2D eigenvalue weighted by Gasteiger charge is -2.20. The molecule has 0 fully saturated rings. The van der Waals surface area contributed by atoms with Crippen LogP contribution in [0.3, 0.4) is 0 Å². The molecule has 0 aromatic heterocycles. The van der Waals surface area contributed by atoms with Crippen LogP contribution in [0.4, 0.5) is 0 Å². The Hall–Kier alpha value is -2.88. The fourth-order valence-electron chi connectivity index (χ4n) is 2.99. The molecule has 0 bridgehead atoms. The Morgan fingerprint density at radius 1 is 0.952 bits per heavy atom. The molecule has 102 valence electrons. The summed E-state index contributed by atoms with van der Waals surface area (Å²) in [7, 11) is 1.58. The highest BCUT2D eigenvalue weighted by molar-refractivity contribution is 6.31. The largest absolute Gasteiger partial charge is 0.496 e. The zero-order valence-electron chi connectivity index (χ0n) is 11.3. The number of methoxy groups -OCH3 is 1. The number of amides is 2. The van der Waals surface area contributed by atoms with Crippen molar-refractivity contribution in [2.75, 3.05) is 7.11 Å². The SMILES string of the molecule is COc1ccc2c3c(c4ccccc4cc13)C(=O)NC2=O. The van der Waals surface area contributed by atoms with Gasteiger partial charge < -0.3 is 4.74 Å². The molecule has 0 saturated heterocycles. The molecule has 4 heteroatoms. The van der Waals surface area contributed by atoms with Crippen molar-refractivity contribution in [2.45, 2.75) is 0 Å². The minimum Gasteiger partial charge on any atom is -0.496 e. The fourth-order valence-corrected chi connectivity index (χ4v) is 2.99. The number of imide groups is 1. The van der Waals surface area contributed by atoms with Crippen LogP contribution in [0.5, 0.6) is 5.75 Å². The molecule has 0 spiro atoms. The van der Waals surface area contributed by atoms with E-state index in [1.54, 1.807) is 19.2 Å². The van der Waals surface area contributed by atoms with Gasteiger partial charge >= 0.3 is 0 Å². The van der Waals surface area contributed by atoms with E-state index in [0.29, 0.717) is 22.3 Å². The molecule has 21 heavy (non-hydrogen) atoms. The Bertz CT molecular complexity index is 944. The van der Waals surface area contributed by atoms with Crippen LogP contribution in [0.25, 0.3) is 21.5 Å². The molecule has 1 aliphatic rings. The number of hydrogen-bond donors (Lipinski definition) is 1. The summed E-state index contributed by atoms with van der Waals surface area (Å²) in [6.45, 7) is 0. The zero-order chi connectivity index (χ0) is 14.6. The van der Waals surface area contributed by atoms with Crippen molar-refractivity contribution >= 4 is 33.4 Å². The lowest BCUT2D eigenvalue weighted by Crippen LogP contribution is -2.34. The highest BCUT2D eigenvalue weighted by Gasteiger charge is 2.28. The van der Waals surface area contributed by atoms with E-state index in [1.165, 1.54) is 0 Å². The van der Waals surface area contributed by atoms with Crippen molar-refractivity contribution in [3.05, 3.63) is 53.6 Å². The highest BCUT2D eigenvalue weighted by atomic mass is 16.5. The van der Waals surface area contributed by atoms with Crippen LogP contribution in [0.1, 0.15) is 20.7 Å². The molecule has 1 N–H and O–H groups in total. The Morgan fingerprint density at radius 3 is 2.57 bits per heavy atom. The van der Waals surface area contributed by atoms with Gasteiger partial charge in [-0.25, -0.2) is 0 Å². The van der Waals surface area contributed by atoms with E-state index in [0.717, 1.165) is 16.2 Å². The molecule has 0 saturated carbocycles. The maximum atomic E-state index is 12.3. The minimum absolute atomic E-state index is 0.359. The predicted molar refractivity (Wildman–Crippen MR) is 79.8 cm³/mol. The van der Waals surface area contributed by atoms with Gasteiger partial charge in [0.05, 0.1) is 12.7 Å². The third-order valence-electron chi connectivity index (χ3n) is 3.90. The van der Waals surface area contributed by atoms with E-state index in [1.807, 2.05) is 30.3 Å². The standard InChI is InChI=1S/C17H11NO3/c1-21-13-7-6-11-14-12(13)8-9-4-2-3-5-10(9)15(14)17(20)18-16(11)19/h2-8H,1H3,(H,18,19,20). The van der Waals surface area contributed by atoms with Gasteiger partial charge in [-0.15, -0.1) is 0 Å². The van der Waals surface area contributed by atoms with Gasteiger partial charge in [-0.2, -0.15) is 0 Å². The number of nitrogens with one attached hydrogen (secondary N) is 1. The molecule has 3 aromatic carbocycles. The van der Waals surface area contributed by atoms with Crippen molar-refractivity contribution in [1.29, 1.82) is 0 Å². The Labute approximate surface area is 120 Å². The molecular formula is C17H11NO3. The molecule has 2 amide bonds.